The Morgan fingerprint density at radius 2 is 1.79 bits per heavy atom. The molecule has 0 saturated heterocycles. The van der Waals surface area contributed by atoms with Crippen molar-refractivity contribution < 1.29 is 14.3 Å². The fourth-order valence-electron chi connectivity index (χ4n) is 2.86. The number of hydrogen-bond donors (Lipinski definition) is 0. The van der Waals surface area contributed by atoms with Crippen LogP contribution in [0.25, 0.3) is 0 Å². The van der Waals surface area contributed by atoms with E-state index in [-0.39, 0.29) is 18.5 Å². The lowest BCUT2D eigenvalue weighted by Crippen LogP contribution is -2.22. The van der Waals surface area contributed by atoms with Crippen LogP contribution >= 0.6 is 11.3 Å². The highest BCUT2D eigenvalue weighted by molar-refractivity contribution is 7.14. The lowest BCUT2D eigenvalue weighted by molar-refractivity contribution is -0.115. The third-order valence-electron chi connectivity index (χ3n) is 4.74. The molecule has 0 fully saturated rings. The normalized spacial score (nSPS) is 10.6. The molecule has 150 valence electrons. The predicted octanol–water partition coefficient (Wildman–Crippen LogP) is 5.36. The third kappa shape index (κ3) is 4.90. The molecule has 29 heavy (non-hydrogen) atoms. The Morgan fingerprint density at radius 3 is 2.41 bits per heavy atom. The van der Waals surface area contributed by atoms with Gasteiger partial charge in [0.1, 0.15) is 6.61 Å². The van der Waals surface area contributed by atoms with Gasteiger partial charge in [-0.05, 0) is 61.2 Å². The van der Waals surface area contributed by atoms with Crippen molar-refractivity contribution in [2.45, 2.75) is 40.7 Å². The second-order valence-corrected chi connectivity index (χ2v) is 7.71. The monoisotopic (exact) mass is 408 g/mol. The molecule has 0 spiro atoms. The van der Waals surface area contributed by atoms with Crippen molar-refractivity contribution in [3.8, 4) is 0 Å². The molecule has 1 aromatic heterocycles. The molecule has 6 heteroatoms. The molecule has 2 aromatic carbocycles. The maximum absolute atomic E-state index is 12.3. The molecule has 0 bridgehead atoms. The summed E-state index contributed by atoms with van der Waals surface area (Å²) in [5.41, 5.74) is 5.27. The van der Waals surface area contributed by atoms with Crippen LogP contribution in [0.15, 0.2) is 47.8 Å². The van der Waals surface area contributed by atoms with Crippen molar-refractivity contribution in [2.75, 3.05) is 4.90 Å². The van der Waals surface area contributed by atoms with Gasteiger partial charge in [0.05, 0.1) is 16.9 Å². The maximum atomic E-state index is 12.3. The highest BCUT2D eigenvalue weighted by atomic mass is 32.1. The molecule has 1 heterocycles. The molecular formula is C23H24N2O3S. The molecule has 0 aliphatic heterocycles. The van der Waals surface area contributed by atoms with E-state index in [2.05, 4.69) is 11.9 Å². The van der Waals surface area contributed by atoms with Gasteiger partial charge in [0.15, 0.2) is 5.13 Å². The average molecular weight is 409 g/mol. The Labute approximate surface area is 175 Å². The maximum Gasteiger partial charge on any atom is 0.338 e. The molecule has 0 atom stereocenters. The van der Waals surface area contributed by atoms with Crippen LogP contribution in [0.5, 0.6) is 0 Å². The minimum atomic E-state index is -0.388. The van der Waals surface area contributed by atoms with Crippen LogP contribution in [0.4, 0.5) is 10.8 Å². The molecule has 1 amide bonds. The number of carbonyl (C=O) groups excluding carboxylic acids is 2. The molecule has 0 radical (unpaired) electrons. The highest BCUT2D eigenvalue weighted by Crippen LogP contribution is 2.29. The lowest BCUT2D eigenvalue weighted by atomic mass is 10.1. The van der Waals surface area contributed by atoms with Crippen LogP contribution in [0.2, 0.25) is 0 Å². The molecular weight excluding hydrogens is 384 g/mol. The van der Waals surface area contributed by atoms with E-state index in [1.54, 1.807) is 16.3 Å². The first-order valence-electron chi connectivity index (χ1n) is 9.47. The minimum absolute atomic E-state index is 0.0583. The predicted molar refractivity (Wildman–Crippen MR) is 116 cm³/mol. The number of rotatable bonds is 6. The first-order valence-corrected chi connectivity index (χ1v) is 10.4. The number of thiazole rings is 1. The van der Waals surface area contributed by atoms with Crippen molar-refractivity contribution >= 4 is 34.0 Å². The van der Waals surface area contributed by atoms with Gasteiger partial charge in [-0.1, -0.05) is 25.1 Å². The zero-order chi connectivity index (χ0) is 21.0. The van der Waals surface area contributed by atoms with E-state index in [9.17, 15) is 9.59 Å². The summed E-state index contributed by atoms with van der Waals surface area (Å²) in [6.45, 7) is 7.61. The zero-order valence-corrected chi connectivity index (χ0v) is 17.9. The van der Waals surface area contributed by atoms with Crippen molar-refractivity contribution in [1.29, 1.82) is 0 Å². The fraction of sp³-hybridized carbons (Fsp3) is 0.261. The summed E-state index contributed by atoms with van der Waals surface area (Å²) < 4.78 is 5.40. The van der Waals surface area contributed by atoms with Crippen LogP contribution in [0, 0.1) is 13.8 Å². The van der Waals surface area contributed by atoms with Gasteiger partial charge in [-0.3, -0.25) is 9.69 Å². The Balaban J connectivity index is 1.71. The first kappa shape index (κ1) is 20.7. The quantitative estimate of drug-likeness (QED) is 0.515. The molecule has 3 rings (SSSR count). The molecule has 3 aromatic rings. The Hall–Kier alpha value is -2.99. The van der Waals surface area contributed by atoms with E-state index in [1.165, 1.54) is 23.8 Å². The van der Waals surface area contributed by atoms with Gasteiger partial charge in [-0.25, -0.2) is 9.78 Å². The summed E-state index contributed by atoms with van der Waals surface area (Å²) >= 11 is 1.35. The van der Waals surface area contributed by atoms with Crippen LogP contribution in [0.3, 0.4) is 0 Å². The van der Waals surface area contributed by atoms with Gasteiger partial charge in [-0.15, -0.1) is 11.3 Å². The first-order chi connectivity index (χ1) is 13.9. The molecule has 0 aliphatic carbocycles. The summed E-state index contributed by atoms with van der Waals surface area (Å²) in [6, 6.07) is 13.3. The molecule has 0 N–H and O–H groups in total. The number of benzene rings is 2. The number of ether oxygens (including phenoxy) is 1. The van der Waals surface area contributed by atoms with Gasteiger partial charge in [0, 0.05) is 12.3 Å². The van der Waals surface area contributed by atoms with Crippen molar-refractivity contribution in [2.24, 2.45) is 0 Å². The van der Waals surface area contributed by atoms with Crippen LogP contribution in [-0.2, 0) is 22.6 Å². The number of esters is 1. The summed E-state index contributed by atoms with van der Waals surface area (Å²) in [4.78, 5) is 30.6. The van der Waals surface area contributed by atoms with E-state index in [0.29, 0.717) is 16.4 Å². The van der Waals surface area contributed by atoms with E-state index < -0.39 is 0 Å². The molecule has 0 unspecified atom stereocenters. The van der Waals surface area contributed by atoms with Crippen molar-refractivity contribution in [3.05, 3.63) is 75.8 Å². The number of hydrogen-bond acceptors (Lipinski definition) is 5. The van der Waals surface area contributed by atoms with Crippen molar-refractivity contribution in [1.82, 2.24) is 4.98 Å². The van der Waals surface area contributed by atoms with Crippen molar-refractivity contribution in [3.63, 3.8) is 0 Å². The molecule has 0 saturated carbocycles. The number of aryl methyl sites for hydroxylation is 3. The Kier molecular flexibility index (Phi) is 6.44. The summed E-state index contributed by atoms with van der Waals surface area (Å²) in [7, 11) is 0. The average Bonchev–Trinajstić information content (AvgIpc) is 3.17. The summed E-state index contributed by atoms with van der Waals surface area (Å²) in [5.74, 6) is -0.511. The van der Waals surface area contributed by atoms with Gasteiger partial charge >= 0.3 is 5.97 Å². The molecule has 0 aliphatic rings. The Bertz CT molecular complexity index is 1020. The van der Waals surface area contributed by atoms with Gasteiger partial charge < -0.3 is 4.74 Å². The second kappa shape index (κ2) is 9.01. The van der Waals surface area contributed by atoms with Gasteiger partial charge in [0.25, 0.3) is 0 Å². The standard InChI is InChI=1S/C23H24N2O3S/c1-5-18-7-10-21(11-8-18)25(17(4)26)23-24-20(14-29-23)13-28-22(27)19-9-6-15(2)16(3)12-19/h6-12,14H,5,13H2,1-4H3. The molecule has 5 nitrogen and oxygen atoms in total. The zero-order valence-electron chi connectivity index (χ0n) is 17.1. The van der Waals surface area contributed by atoms with E-state index in [0.717, 1.165) is 23.2 Å². The van der Waals surface area contributed by atoms with Gasteiger partial charge in [-0.2, -0.15) is 0 Å². The Morgan fingerprint density at radius 1 is 1.07 bits per heavy atom. The second-order valence-electron chi connectivity index (χ2n) is 6.87. The largest absolute Gasteiger partial charge is 0.456 e. The number of aromatic nitrogens is 1. The fourth-order valence-corrected chi connectivity index (χ4v) is 3.74. The van der Waals surface area contributed by atoms with E-state index in [1.807, 2.05) is 50.2 Å². The van der Waals surface area contributed by atoms with E-state index >= 15 is 0 Å². The van der Waals surface area contributed by atoms with Crippen LogP contribution in [0.1, 0.15) is 46.6 Å². The van der Waals surface area contributed by atoms with Gasteiger partial charge in [0.2, 0.25) is 5.91 Å². The van der Waals surface area contributed by atoms with E-state index in [4.69, 9.17) is 4.74 Å². The number of amides is 1. The number of anilines is 2. The minimum Gasteiger partial charge on any atom is -0.456 e. The third-order valence-corrected chi connectivity index (χ3v) is 5.62. The highest BCUT2D eigenvalue weighted by Gasteiger charge is 2.18. The summed E-state index contributed by atoms with van der Waals surface area (Å²) in [6.07, 6.45) is 0.938. The SMILES string of the molecule is CCc1ccc(N(C(C)=O)c2nc(COC(=O)c3ccc(C)c(C)c3)cs2)cc1. The lowest BCUT2D eigenvalue weighted by Gasteiger charge is -2.18. The van der Waals surface area contributed by atoms with Crippen LogP contribution < -0.4 is 4.90 Å². The number of nitrogens with zero attached hydrogens (tertiary/aromatic N) is 2. The smallest absolute Gasteiger partial charge is 0.338 e. The summed E-state index contributed by atoms with van der Waals surface area (Å²) in [5, 5.41) is 2.36. The van der Waals surface area contributed by atoms with Crippen LogP contribution in [-0.4, -0.2) is 16.9 Å². The topological polar surface area (TPSA) is 59.5 Å². The number of carbonyl (C=O) groups is 2.